The molecule has 1 aromatic carbocycles. The maximum absolute atomic E-state index is 12.1. The molecule has 1 N–H and O–H groups in total. The molecule has 0 aliphatic rings. The Labute approximate surface area is 114 Å². The summed E-state index contributed by atoms with van der Waals surface area (Å²) < 4.78 is 44.8. The fraction of sp³-hybridized carbons (Fsp3) is 0.417. The van der Waals surface area contributed by atoms with Crippen LogP contribution in [-0.2, 0) is 4.74 Å². The van der Waals surface area contributed by atoms with Gasteiger partial charge in [-0.2, -0.15) is 0 Å². The lowest BCUT2D eigenvalue weighted by Crippen LogP contribution is -2.33. The van der Waals surface area contributed by atoms with Crippen molar-refractivity contribution in [3.63, 3.8) is 0 Å². The van der Waals surface area contributed by atoms with E-state index in [0.29, 0.717) is 13.2 Å². The van der Waals surface area contributed by atoms with Gasteiger partial charge < -0.3 is 19.7 Å². The Balaban J connectivity index is 2.64. The lowest BCUT2D eigenvalue weighted by molar-refractivity contribution is -0.274. The number of ether oxygens (including phenoxy) is 2. The van der Waals surface area contributed by atoms with Gasteiger partial charge in [-0.1, -0.05) is 6.07 Å². The number of nitrogens with zero attached hydrogens (tertiary/aromatic N) is 1. The molecule has 0 atom stereocenters. The summed E-state index contributed by atoms with van der Waals surface area (Å²) in [5.41, 5.74) is 0.209. The van der Waals surface area contributed by atoms with Gasteiger partial charge in [-0.25, -0.2) is 4.79 Å². The van der Waals surface area contributed by atoms with Gasteiger partial charge in [-0.05, 0) is 12.1 Å². The molecule has 1 rings (SSSR count). The molecule has 0 bridgehead atoms. The molecule has 5 nitrogen and oxygen atoms in total. The molecule has 0 heterocycles. The van der Waals surface area contributed by atoms with Crippen LogP contribution in [0.1, 0.15) is 0 Å². The Kier molecular flexibility index (Phi) is 5.63. The first kappa shape index (κ1) is 16.1. The highest BCUT2D eigenvalue weighted by molar-refractivity contribution is 5.89. The quantitative estimate of drug-likeness (QED) is 0.907. The highest BCUT2D eigenvalue weighted by Crippen LogP contribution is 2.25. The number of carbonyl (C=O) groups is 1. The first-order chi connectivity index (χ1) is 9.31. The van der Waals surface area contributed by atoms with E-state index in [1.807, 2.05) is 0 Å². The molecule has 1 aromatic rings. The highest BCUT2D eigenvalue weighted by Gasteiger charge is 2.31. The third kappa shape index (κ3) is 5.79. The number of hydrogen-bond acceptors (Lipinski definition) is 3. The first-order valence-electron chi connectivity index (χ1n) is 5.68. The number of urea groups is 1. The number of anilines is 1. The monoisotopic (exact) mass is 292 g/mol. The van der Waals surface area contributed by atoms with Gasteiger partial charge in [0.1, 0.15) is 5.75 Å². The van der Waals surface area contributed by atoms with Gasteiger partial charge in [0.25, 0.3) is 0 Å². The predicted octanol–water partition coefficient (Wildman–Crippen LogP) is 2.70. The second-order valence-corrected chi connectivity index (χ2v) is 3.92. The van der Waals surface area contributed by atoms with Crippen molar-refractivity contribution in [2.45, 2.75) is 6.36 Å². The molecule has 0 spiro atoms. The third-order valence-corrected chi connectivity index (χ3v) is 2.30. The molecule has 0 unspecified atom stereocenters. The molecule has 0 fully saturated rings. The topological polar surface area (TPSA) is 50.8 Å². The van der Waals surface area contributed by atoms with Crippen LogP contribution in [0.25, 0.3) is 0 Å². The lowest BCUT2D eigenvalue weighted by Gasteiger charge is -2.17. The summed E-state index contributed by atoms with van der Waals surface area (Å²) >= 11 is 0. The van der Waals surface area contributed by atoms with Crippen LogP contribution >= 0.6 is 0 Å². The number of halogens is 3. The predicted molar refractivity (Wildman–Crippen MR) is 66.6 cm³/mol. The van der Waals surface area contributed by atoms with Gasteiger partial charge in [0, 0.05) is 32.5 Å². The van der Waals surface area contributed by atoms with Crippen molar-refractivity contribution in [1.29, 1.82) is 0 Å². The van der Waals surface area contributed by atoms with Gasteiger partial charge in [0.05, 0.1) is 6.61 Å². The zero-order valence-corrected chi connectivity index (χ0v) is 11.0. The number of rotatable bonds is 5. The fourth-order valence-electron chi connectivity index (χ4n) is 1.32. The minimum atomic E-state index is -4.77. The van der Waals surface area contributed by atoms with Crippen LogP contribution in [0.2, 0.25) is 0 Å². The van der Waals surface area contributed by atoms with Crippen molar-refractivity contribution >= 4 is 11.7 Å². The van der Waals surface area contributed by atoms with E-state index in [-0.39, 0.29) is 5.69 Å². The number of alkyl halides is 3. The van der Waals surface area contributed by atoms with E-state index in [9.17, 15) is 18.0 Å². The van der Waals surface area contributed by atoms with Crippen LogP contribution in [0.4, 0.5) is 23.7 Å². The van der Waals surface area contributed by atoms with Crippen molar-refractivity contribution in [1.82, 2.24) is 4.90 Å². The SMILES string of the molecule is COCCN(C)C(=O)Nc1cccc(OC(F)(F)F)c1. The molecule has 0 aliphatic heterocycles. The van der Waals surface area contributed by atoms with E-state index in [0.717, 1.165) is 12.1 Å². The minimum Gasteiger partial charge on any atom is -0.406 e. The lowest BCUT2D eigenvalue weighted by atomic mass is 10.3. The molecule has 20 heavy (non-hydrogen) atoms. The van der Waals surface area contributed by atoms with Gasteiger partial charge >= 0.3 is 12.4 Å². The molecule has 0 saturated heterocycles. The van der Waals surface area contributed by atoms with Crippen LogP contribution in [0, 0.1) is 0 Å². The van der Waals surface area contributed by atoms with E-state index in [4.69, 9.17) is 4.74 Å². The van der Waals surface area contributed by atoms with E-state index in [1.54, 1.807) is 7.05 Å². The van der Waals surface area contributed by atoms with Crippen molar-refractivity contribution in [2.75, 3.05) is 32.6 Å². The summed E-state index contributed by atoms with van der Waals surface area (Å²) in [6.45, 7) is 0.724. The van der Waals surface area contributed by atoms with Crippen LogP contribution in [0.5, 0.6) is 5.75 Å². The standard InChI is InChI=1S/C12H15F3N2O3/c1-17(6-7-19-2)11(18)16-9-4-3-5-10(8-9)20-12(13,14)15/h3-5,8H,6-7H2,1-2H3,(H,16,18). The summed E-state index contributed by atoms with van der Waals surface area (Å²) in [7, 11) is 3.05. The average molecular weight is 292 g/mol. The normalized spacial score (nSPS) is 11.1. The molecule has 0 aromatic heterocycles. The Bertz CT molecular complexity index is 452. The summed E-state index contributed by atoms with van der Waals surface area (Å²) in [6, 6.07) is 4.61. The zero-order chi connectivity index (χ0) is 15.2. The van der Waals surface area contributed by atoms with E-state index >= 15 is 0 Å². The average Bonchev–Trinajstić information content (AvgIpc) is 2.34. The third-order valence-electron chi connectivity index (χ3n) is 2.30. The van der Waals surface area contributed by atoms with Crippen LogP contribution in [0.15, 0.2) is 24.3 Å². The van der Waals surface area contributed by atoms with E-state index in [2.05, 4.69) is 10.1 Å². The first-order valence-corrected chi connectivity index (χ1v) is 5.68. The van der Waals surface area contributed by atoms with E-state index in [1.165, 1.54) is 24.1 Å². The second kappa shape index (κ2) is 6.99. The number of benzene rings is 1. The van der Waals surface area contributed by atoms with Gasteiger partial charge in [0.2, 0.25) is 0 Å². The zero-order valence-electron chi connectivity index (χ0n) is 11.0. The van der Waals surface area contributed by atoms with E-state index < -0.39 is 18.1 Å². The second-order valence-electron chi connectivity index (χ2n) is 3.92. The maximum atomic E-state index is 12.1. The largest absolute Gasteiger partial charge is 0.573 e. The Morgan fingerprint density at radius 1 is 1.40 bits per heavy atom. The van der Waals surface area contributed by atoms with Crippen LogP contribution in [-0.4, -0.2) is 44.6 Å². The number of nitrogens with one attached hydrogen (secondary N) is 1. The molecule has 0 saturated carbocycles. The summed E-state index contributed by atoms with van der Waals surface area (Å²) in [5, 5.41) is 2.46. The number of hydrogen-bond donors (Lipinski definition) is 1. The molecular weight excluding hydrogens is 277 g/mol. The summed E-state index contributed by atoms with van der Waals surface area (Å²) in [6.07, 6.45) is -4.77. The van der Waals surface area contributed by atoms with Gasteiger partial charge in [0.15, 0.2) is 0 Å². The molecule has 0 radical (unpaired) electrons. The summed E-state index contributed by atoms with van der Waals surface area (Å²) in [4.78, 5) is 13.1. The summed E-state index contributed by atoms with van der Waals surface area (Å²) in [5.74, 6) is -0.394. The van der Waals surface area contributed by atoms with Crippen molar-refractivity contribution in [2.24, 2.45) is 0 Å². The fourth-order valence-corrected chi connectivity index (χ4v) is 1.32. The molecule has 2 amide bonds. The van der Waals surface area contributed by atoms with Crippen LogP contribution < -0.4 is 10.1 Å². The number of carbonyl (C=O) groups excluding carboxylic acids is 1. The molecular formula is C12H15F3N2O3. The number of amides is 2. The molecule has 0 aliphatic carbocycles. The van der Waals surface area contributed by atoms with Crippen molar-refractivity contribution in [3.8, 4) is 5.75 Å². The van der Waals surface area contributed by atoms with Crippen molar-refractivity contribution in [3.05, 3.63) is 24.3 Å². The molecule has 112 valence electrons. The Morgan fingerprint density at radius 3 is 2.70 bits per heavy atom. The Morgan fingerprint density at radius 2 is 2.10 bits per heavy atom. The number of methoxy groups -OCH3 is 1. The smallest absolute Gasteiger partial charge is 0.406 e. The molecule has 8 heteroatoms. The van der Waals surface area contributed by atoms with Gasteiger partial charge in [-0.15, -0.1) is 13.2 Å². The Hall–Kier alpha value is -1.96. The highest BCUT2D eigenvalue weighted by atomic mass is 19.4. The maximum Gasteiger partial charge on any atom is 0.573 e. The van der Waals surface area contributed by atoms with Crippen molar-refractivity contribution < 1.29 is 27.4 Å². The van der Waals surface area contributed by atoms with Gasteiger partial charge in [-0.3, -0.25) is 0 Å². The van der Waals surface area contributed by atoms with Crippen LogP contribution in [0.3, 0.4) is 0 Å². The minimum absolute atomic E-state index is 0.209. The number of likely N-dealkylation sites (N-methyl/N-ethyl adjacent to an activating group) is 1.